The highest BCUT2D eigenvalue weighted by atomic mass is 79.9. The molecule has 0 bridgehead atoms. The van der Waals surface area contributed by atoms with Crippen LogP contribution in [0.25, 0.3) is 0 Å². The molecule has 1 unspecified atom stereocenters. The molecular formula is C16H16BrF2NO. The number of rotatable bonds is 4. The molecule has 0 radical (unpaired) electrons. The third-order valence-electron chi connectivity index (χ3n) is 3.33. The Morgan fingerprint density at radius 2 is 1.76 bits per heavy atom. The van der Waals surface area contributed by atoms with E-state index < -0.39 is 17.2 Å². The lowest BCUT2D eigenvalue weighted by atomic mass is 9.86. The lowest BCUT2D eigenvalue weighted by Gasteiger charge is -2.26. The van der Waals surface area contributed by atoms with Crippen molar-refractivity contribution in [3.8, 4) is 5.75 Å². The summed E-state index contributed by atoms with van der Waals surface area (Å²) >= 11 is 3.45. The Labute approximate surface area is 131 Å². The molecule has 0 fully saturated rings. The summed E-state index contributed by atoms with van der Waals surface area (Å²) in [5.74, 6) is -0.563. The van der Waals surface area contributed by atoms with E-state index in [1.54, 1.807) is 14.0 Å². The minimum atomic E-state index is -0.905. The highest BCUT2D eigenvalue weighted by molar-refractivity contribution is 9.10. The molecule has 2 nitrogen and oxygen atoms in total. The van der Waals surface area contributed by atoms with Gasteiger partial charge in [-0.2, -0.15) is 0 Å². The topological polar surface area (TPSA) is 35.2 Å². The first-order valence-electron chi connectivity index (χ1n) is 6.40. The van der Waals surface area contributed by atoms with Crippen molar-refractivity contribution in [1.82, 2.24) is 0 Å². The molecule has 2 rings (SSSR count). The van der Waals surface area contributed by atoms with Gasteiger partial charge >= 0.3 is 0 Å². The van der Waals surface area contributed by atoms with Crippen LogP contribution < -0.4 is 10.5 Å². The molecule has 0 amide bonds. The molecule has 0 saturated carbocycles. The van der Waals surface area contributed by atoms with Crippen LogP contribution >= 0.6 is 15.9 Å². The van der Waals surface area contributed by atoms with Crippen LogP contribution in [0.2, 0.25) is 0 Å². The second-order valence-corrected chi connectivity index (χ2v) is 6.06. The zero-order valence-electron chi connectivity index (χ0n) is 11.8. The number of hydrogen-bond donors (Lipinski definition) is 1. The van der Waals surface area contributed by atoms with Crippen LogP contribution in [0.5, 0.6) is 5.75 Å². The molecule has 0 aliphatic rings. The normalized spacial score (nSPS) is 13.8. The fourth-order valence-electron chi connectivity index (χ4n) is 2.19. The number of nitrogens with two attached hydrogens (primary N) is 1. The van der Waals surface area contributed by atoms with E-state index in [0.29, 0.717) is 17.7 Å². The molecule has 2 aromatic rings. The molecular weight excluding hydrogens is 340 g/mol. The van der Waals surface area contributed by atoms with Crippen LogP contribution in [-0.4, -0.2) is 7.11 Å². The lowest BCUT2D eigenvalue weighted by molar-refractivity contribution is 0.412. The molecule has 0 aliphatic heterocycles. The number of methoxy groups -OCH3 is 1. The summed E-state index contributed by atoms with van der Waals surface area (Å²) in [6.07, 6.45) is 0.410. The van der Waals surface area contributed by atoms with Gasteiger partial charge in [-0.15, -0.1) is 0 Å². The van der Waals surface area contributed by atoms with E-state index in [-0.39, 0.29) is 0 Å². The highest BCUT2D eigenvalue weighted by Gasteiger charge is 2.24. The van der Waals surface area contributed by atoms with E-state index in [1.807, 2.05) is 18.2 Å². The SMILES string of the molecule is COc1ccc(Br)c(CC(C)(N)c2cc(F)cc(F)c2)c1. The zero-order chi connectivity index (χ0) is 15.6. The molecule has 2 aromatic carbocycles. The number of hydrogen-bond acceptors (Lipinski definition) is 2. The van der Waals surface area contributed by atoms with Gasteiger partial charge in [-0.3, -0.25) is 0 Å². The molecule has 21 heavy (non-hydrogen) atoms. The predicted molar refractivity (Wildman–Crippen MR) is 82.3 cm³/mol. The van der Waals surface area contributed by atoms with Crippen molar-refractivity contribution in [1.29, 1.82) is 0 Å². The summed E-state index contributed by atoms with van der Waals surface area (Å²) in [7, 11) is 1.58. The molecule has 1 atom stereocenters. The van der Waals surface area contributed by atoms with E-state index in [0.717, 1.165) is 16.1 Å². The Morgan fingerprint density at radius 1 is 1.14 bits per heavy atom. The fourth-order valence-corrected chi connectivity index (χ4v) is 2.58. The molecule has 2 N–H and O–H groups in total. The quantitative estimate of drug-likeness (QED) is 0.893. The Hall–Kier alpha value is -1.46. The third-order valence-corrected chi connectivity index (χ3v) is 4.11. The van der Waals surface area contributed by atoms with Gasteiger partial charge in [-0.05, 0) is 54.8 Å². The van der Waals surface area contributed by atoms with Crippen LogP contribution in [-0.2, 0) is 12.0 Å². The first-order chi connectivity index (χ1) is 9.81. The van der Waals surface area contributed by atoms with Gasteiger partial charge in [-0.1, -0.05) is 15.9 Å². The van der Waals surface area contributed by atoms with Gasteiger partial charge in [-0.25, -0.2) is 8.78 Å². The molecule has 0 spiro atoms. The van der Waals surface area contributed by atoms with Crippen molar-refractivity contribution in [2.45, 2.75) is 18.9 Å². The number of halogens is 3. The van der Waals surface area contributed by atoms with Crippen LogP contribution in [0, 0.1) is 11.6 Å². The van der Waals surface area contributed by atoms with E-state index in [1.165, 1.54) is 12.1 Å². The summed E-state index contributed by atoms with van der Waals surface area (Å²) in [5.41, 5.74) is 6.69. The first-order valence-corrected chi connectivity index (χ1v) is 7.19. The Balaban J connectivity index is 2.36. The van der Waals surface area contributed by atoms with Gasteiger partial charge < -0.3 is 10.5 Å². The Bertz CT molecular complexity index is 638. The van der Waals surface area contributed by atoms with Crippen LogP contribution in [0.3, 0.4) is 0 Å². The van der Waals surface area contributed by atoms with E-state index in [2.05, 4.69) is 15.9 Å². The van der Waals surface area contributed by atoms with Crippen LogP contribution in [0.15, 0.2) is 40.9 Å². The van der Waals surface area contributed by atoms with Gasteiger partial charge in [0.05, 0.1) is 7.11 Å². The highest BCUT2D eigenvalue weighted by Crippen LogP contribution is 2.30. The number of benzene rings is 2. The van der Waals surface area contributed by atoms with E-state index >= 15 is 0 Å². The fraction of sp³-hybridized carbons (Fsp3) is 0.250. The molecule has 0 saturated heterocycles. The molecule has 0 aromatic heterocycles. The van der Waals surface area contributed by atoms with Crippen molar-refractivity contribution in [2.75, 3.05) is 7.11 Å². The lowest BCUT2D eigenvalue weighted by Crippen LogP contribution is -2.35. The van der Waals surface area contributed by atoms with Crippen LogP contribution in [0.1, 0.15) is 18.1 Å². The van der Waals surface area contributed by atoms with Gasteiger partial charge in [0, 0.05) is 16.1 Å². The summed E-state index contributed by atoms with van der Waals surface area (Å²) in [5, 5.41) is 0. The maximum Gasteiger partial charge on any atom is 0.126 e. The molecule has 0 heterocycles. The summed E-state index contributed by atoms with van der Waals surface area (Å²) in [6, 6.07) is 8.89. The molecule has 112 valence electrons. The van der Waals surface area contributed by atoms with Gasteiger partial charge in [0.15, 0.2) is 0 Å². The van der Waals surface area contributed by atoms with Gasteiger partial charge in [0.2, 0.25) is 0 Å². The van der Waals surface area contributed by atoms with Crippen molar-refractivity contribution in [3.63, 3.8) is 0 Å². The third kappa shape index (κ3) is 3.80. The summed E-state index contributed by atoms with van der Waals surface area (Å²) in [6.45, 7) is 1.74. The number of ether oxygens (including phenoxy) is 1. The average Bonchev–Trinajstić information content (AvgIpc) is 2.40. The average molecular weight is 356 g/mol. The Morgan fingerprint density at radius 3 is 2.33 bits per heavy atom. The van der Waals surface area contributed by atoms with Crippen LogP contribution in [0.4, 0.5) is 8.78 Å². The maximum atomic E-state index is 13.4. The monoisotopic (exact) mass is 355 g/mol. The Kier molecular flexibility index (Phi) is 4.64. The minimum Gasteiger partial charge on any atom is -0.497 e. The second-order valence-electron chi connectivity index (χ2n) is 5.21. The van der Waals surface area contributed by atoms with E-state index in [9.17, 15) is 8.78 Å². The molecule has 0 aliphatic carbocycles. The second kappa shape index (κ2) is 6.12. The largest absolute Gasteiger partial charge is 0.497 e. The standard InChI is InChI=1S/C16H16BrF2NO/c1-16(20,11-6-12(18)8-13(19)7-11)9-10-5-14(21-2)3-4-15(10)17/h3-8H,9,20H2,1-2H3. The van der Waals surface area contributed by atoms with Crippen molar-refractivity contribution in [3.05, 3.63) is 63.6 Å². The van der Waals surface area contributed by atoms with Crippen molar-refractivity contribution >= 4 is 15.9 Å². The minimum absolute atomic E-state index is 0.410. The summed E-state index contributed by atoms with van der Waals surface area (Å²) < 4.78 is 32.8. The maximum absolute atomic E-state index is 13.4. The van der Waals surface area contributed by atoms with Crippen molar-refractivity contribution < 1.29 is 13.5 Å². The van der Waals surface area contributed by atoms with Crippen molar-refractivity contribution in [2.24, 2.45) is 5.73 Å². The van der Waals surface area contributed by atoms with E-state index in [4.69, 9.17) is 10.5 Å². The summed E-state index contributed by atoms with van der Waals surface area (Å²) in [4.78, 5) is 0. The van der Waals surface area contributed by atoms with Gasteiger partial charge in [0.1, 0.15) is 17.4 Å². The first kappa shape index (κ1) is 15.9. The molecule has 5 heteroatoms. The zero-order valence-corrected chi connectivity index (χ0v) is 13.4. The van der Waals surface area contributed by atoms with Gasteiger partial charge in [0.25, 0.3) is 0 Å². The predicted octanol–water partition coefficient (Wildman–Crippen LogP) is 4.15. The smallest absolute Gasteiger partial charge is 0.126 e.